The van der Waals surface area contributed by atoms with Gasteiger partial charge in [-0.2, -0.15) is 23.7 Å². The molecular weight excluding hydrogens is 361 g/mol. The topological polar surface area (TPSA) is 104 Å². The summed E-state index contributed by atoms with van der Waals surface area (Å²) < 4.78 is 50.7. The Morgan fingerprint density at radius 2 is 1.81 bits per heavy atom. The van der Waals surface area contributed by atoms with Gasteiger partial charge >= 0.3 is 6.18 Å². The van der Waals surface area contributed by atoms with Gasteiger partial charge in [-0.25, -0.2) is 4.99 Å². The van der Waals surface area contributed by atoms with Crippen LogP contribution in [0.25, 0.3) is 0 Å². The molecule has 1 saturated carbocycles. The molecule has 2 aliphatic rings. The lowest BCUT2D eigenvalue weighted by molar-refractivity contribution is -0.255. The number of hydrogen-bond acceptors (Lipinski definition) is 6. The molecule has 1 aromatic carbocycles. The number of nitrogens with zero attached hydrogens (tertiary/aromatic N) is 3. The number of halogens is 3. The lowest BCUT2D eigenvalue weighted by Crippen LogP contribution is -2.43. The molecule has 1 aliphatic heterocycles. The molecule has 0 aromatic heterocycles. The van der Waals surface area contributed by atoms with Crippen molar-refractivity contribution in [3.05, 3.63) is 35.4 Å². The fourth-order valence-corrected chi connectivity index (χ4v) is 4.14. The van der Waals surface area contributed by atoms with Crippen LogP contribution in [0, 0.1) is 33.5 Å². The molecule has 3 rings (SSSR count). The minimum atomic E-state index is -4.56. The summed E-state index contributed by atoms with van der Waals surface area (Å²) in [5, 5.41) is 19.9. The number of fused-ring (bicyclic) bond motifs is 1. The predicted octanol–water partition coefficient (Wildman–Crippen LogP) is 2.92. The molecule has 3 atom stereocenters. The van der Waals surface area contributed by atoms with Gasteiger partial charge < -0.3 is 15.2 Å². The van der Waals surface area contributed by atoms with E-state index in [0.29, 0.717) is 0 Å². The second-order valence-corrected chi connectivity index (χ2v) is 6.34. The molecule has 1 fully saturated rings. The van der Waals surface area contributed by atoms with Crippen LogP contribution in [-0.4, -0.2) is 25.0 Å². The third-order valence-corrected chi connectivity index (χ3v) is 5.15. The van der Waals surface area contributed by atoms with Gasteiger partial charge in [0.25, 0.3) is 5.91 Å². The van der Waals surface area contributed by atoms with Crippen LogP contribution in [0.1, 0.15) is 30.9 Å². The van der Waals surface area contributed by atoms with E-state index >= 15 is 0 Å². The normalized spacial score (nSPS) is 30.8. The highest BCUT2D eigenvalue weighted by Gasteiger charge is 2.93. The molecule has 6 nitrogen and oxygen atoms in total. The Morgan fingerprint density at radius 1 is 1.19 bits per heavy atom. The molecule has 0 saturated heterocycles. The first kappa shape index (κ1) is 19.2. The highest BCUT2D eigenvalue weighted by molar-refractivity contribution is 6.00. The average Bonchev–Trinajstić information content (AvgIpc) is 3.20. The predicted molar refractivity (Wildman–Crippen MR) is 87.9 cm³/mol. The van der Waals surface area contributed by atoms with Crippen LogP contribution < -0.4 is 5.73 Å². The molecule has 1 aliphatic carbocycles. The SMILES string of the molecule is CCOC1(OCC)N=C(N)[C@]2(C#N)[C@@H](c3cccc(C(F)(F)F)c3)[C@]12C#N. The van der Waals surface area contributed by atoms with Gasteiger partial charge in [-0.15, -0.1) is 0 Å². The van der Waals surface area contributed by atoms with Gasteiger partial charge in [0.05, 0.1) is 17.7 Å². The fourth-order valence-electron chi connectivity index (χ4n) is 4.14. The van der Waals surface area contributed by atoms with Gasteiger partial charge in [0, 0.05) is 19.1 Å². The molecular formula is C18H17F3N4O2. The van der Waals surface area contributed by atoms with Crippen molar-refractivity contribution in [1.82, 2.24) is 0 Å². The molecule has 0 radical (unpaired) electrons. The van der Waals surface area contributed by atoms with Gasteiger partial charge in [-0.1, -0.05) is 18.2 Å². The number of benzene rings is 1. The van der Waals surface area contributed by atoms with Crippen LogP contribution in [0.4, 0.5) is 13.2 Å². The molecule has 9 heteroatoms. The first-order chi connectivity index (χ1) is 12.7. The van der Waals surface area contributed by atoms with Gasteiger partial charge in [-0.3, -0.25) is 0 Å². The van der Waals surface area contributed by atoms with E-state index in [-0.39, 0.29) is 24.6 Å². The van der Waals surface area contributed by atoms with Crippen molar-refractivity contribution in [2.24, 2.45) is 21.6 Å². The molecule has 142 valence electrons. The average molecular weight is 378 g/mol. The number of aliphatic imine (C=N–C) groups is 1. The van der Waals surface area contributed by atoms with Crippen LogP contribution in [0.15, 0.2) is 29.3 Å². The zero-order chi connectivity index (χ0) is 20.1. The zero-order valence-electron chi connectivity index (χ0n) is 14.7. The third-order valence-electron chi connectivity index (χ3n) is 5.15. The molecule has 2 N–H and O–H groups in total. The van der Waals surface area contributed by atoms with E-state index in [1.807, 2.05) is 6.07 Å². The summed E-state index contributed by atoms with van der Waals surface area (Å²) in [6, 6.07) is 8.60. The first-order valence-corrected chi connectivity index (χ1v) is 8.34. The molecule has 0 amide bonds. The quantitative estimate of drug-likeness (QED) is 0.793. The summed E-state index contributed by atoms with van der Waals surface area (Å²) >= 11 is 0. The van der Waals surface area contributed by atoms with E-state index in [4.69, 9.17) is 15.2 Å². The second kappa shape index (κ2) is 5.95. The van der Waals surface area contributed by atoms with Crippen molar-refractivity contribution in [2.75, 3.05) is 13.2 Å². The Labute approximate surface area is 154 Å². The van der Waals surface area contributed by atoms with Gasteiger partial charge in [0.1, 0.15) is 11.3 Å². The van der Waals surface area contributed by atoms with Gasteiger partial charge in [-0.05, 0) is 25.5 Å². The Balaban J connectivity index is 2.21. The summed E-state index contributed by atoms with van der Waals surface area (Å²) in [6.45, 7) is 3.53. The first-order valence-electron chi connectivity index (χ1n) is 8.34. The van der Waals surface area contributed by atoms with Crippen molar-refractivity contribution in [1.29, 1.82) is 10.5 Å². The molecule has 0 unspecified atom stereocenters. The summed E-state index contributed by atoms with van der Waals surface area (Å²) in [4.78, 5) is 4.15. The number of hydrogen-bond donors (Lipinski definition) is 1. The monoisotopic (exact) mass is 378 g/mol. The number of nitriles is 2. The van der Waals surface area contributed by atoms with Crippen molar-refractivity contribution < 1.29 is 22.6 Å². The van der Waals surface area contributed by atoms with Gasteiger partial charge in [0.15, 0.2) is 5.41 Å². The molecule has 1 aromatic rings. The largest absolute Gasteiger partial charge is 0.416 e. The third kappa shape index (κ3) is 2.16. The van der Waals surface area contributed by atoms with Crippen molar-refractivity contribution in [3.63, 3.8) is 0 Å². The fraction of sp³-hybridized carbons (Fsp3) is 0.500. The molecule has 1 heterocycles. The van der Waals surface area contributed by atoms with Crippen LogP contribution >= 0.6 is 0 Å². The van der Waals surface area contributed by atoms with Crippen LogP contribution in [0.5, 0.6) is 0 Å². The van der Waals surface area contributed by atoms with Crippen molar-refractivity contribution in [3.8, 4) is 12.1 Å². The van der Waals surface area contributed by atoms with Crippen molar-refractivity contribution >= 4 is 5.84 Å². The van der Waals surface area contributed by atoms with E-state index in [2.05, 4.69) is 11.1 Å². The number of rotatable bonds is 5. The van der Waals surface area contributed by atoms with E-state index in [9.17, 15) is 23.7 Å². The maximum absolute atomic E-state index is 13.1. The van der Waals surface area contributed by atoms with E-state index in [1.54, 1.807) is 13.8 Å². The van der Waals surface area contributed by atoms with Crippen LogP contribution in [-0.2, 0) is 15.7 Å². The molecule has 27 heavy (non-hydrogen) atoms. The van der Waals surface area contributed by atoms with E-state index < -0.39 is 34.4 Å². The number of ether oxygens (including phenoxy) is 2. The summed E-state index contributed by atoms with van der Waals surface area (Å²) in [6.07, 6.45) is -4.56. The molecule has 0 bridgehead atoms. The van der Waals surface area contributed by atoms with Crippen LogP contribution in [0.3, 0.4) is 0 Å². The smallest absolute Gasteiger partial charge is 0.386 e. The maximum atomic E-state index is 13.1. The van der Waals surface area contributed by atoms with E-state index in [1.165, 1.54) is 12.1 Å². The summed E-state index contributed by atoms with van der Waals surface area (Å²) in [5.74, 6) is -2.97. The number of amidine groups is 1. The van der Waals surface area contributed by atoms with E-state index in [0.717, 1.165) is 12.1 Å². The highest BCUT2D eigenvalue weighted by Crippen LogP contribution is 2.82. The minimum absolute atomic E-state index is 0.108. The number of alkyl halides is 3. The Bertz CT molecular complexity index is 880. The van der Waals surface area contributed by atoms with Crippen molar-refractivity contribution in [2.45, 2.75) is 31.9 Å². The van der Waals surface area contributed by atoms with Crippen LogP contribution in [0.2, 0.25) is 0 Å². The lowest BCUT2D eigenvalue weighted by atomic mass is 9.93. The Hall–Kier alpha value is -2.62. The summed E-state index contributed by atoms with van der Waals surface area (Å²) in [5.41, 5.74) is 2.01. The number of nitrogens with two attached hydrogens (primary N) is 1. The Kier molecular flexibility index (Phi) is 4.22. The zero-order valence-corrected chi connectivity index (χ0v) is 14.7. The highest BCUT2D eigenvalue weighted by atomic mass is 19.4. The van der Waals surface area contributed by atoms with Gasteiger partial charge in [0.2, 0.25) is 0 Å². The standard InChI is InChI=1S/C18H17F3N4O2/c1-3-26-18(27-4-2)16(10-23)13(15(16,9-22)14(24)25-18)11-6-5-7-12(8-11)17(19,20)21/h5-8,13H,3-4H2,1-2H3,(H2,24,25)/t13-,15+,16+/m1/s1. The lowest BCUT2D eigenvalue weighted by Gasteiger charge is -2.31. The maximum Gasteiger partial charge on any atom is 0.416 e. The summed E-state index contributed by atoms with van der Waals surface area (Å²) in [7, 11) is 0. The minimum Gasteiger partial charge on any atom is -0.386 e. The Morgan fingerprint density at radius 3 is 2.30 bits per heavy atom. The molecule has 0 spiro atoms. The second-order valence-electron chi connectivity index (χ2n) is 6.34.